The van der Waals surface area contributed by atoms with Crippen LogP contribution in [-0.2, 0) is 0 Å². The van der Waals surface area contributed by atoms with E-state index in [-0.39, 0.29) is 11.9 Å². The molecule has 2 aromatic rings. The number of hydrogen-bond acceptors (Lipinski definition) is 4. The van der Waals surface area contributed by atoms with Crippen LogP contribution >= 0.6 is 11.3 Å². The Morgan fingerprint density at radius 1 is 1.43 bits per heavy atom. The molecular formula is C16H17N3OS. The molecule has 0 aliphatic heterocycles. The summed E-state index contributed by atoms with van der Waals surface area (Å²) in [6.07, 6.45) is 1.58. The zero-order valence-corrected chi connectivity index (χ0v) is 12.8. The molecule has 0 saturated carbocycles. The van der Waals surface area contributed by atoms with Gasteiger partial charge in [0.15, 0.2) is 0 Å². The predicted molar refractivity (Wildman–Crippen MR) is 85.1 cm³/mol. The number of rotatable bonds is 3. The van der Waals surface area contributed by atoms with Crippen molar-refractivity contribution >= 4 is 17.2 Å². The van der Waals surface area contributed by atoms with Gasteiger partial charge < -0.3 is 11.1 Å². The minimum absolute atomic E-state index is 0.0327. The minimum atomic E-state index is -0.188. The zero-order valence-electron chi connectivity index (χ0n) is 12.0. The van der Waals surface area contributed by atoms with Crippen LogP contribution in [0.25, 0.3) is 0 Å². The third-order valence-electron chi connectivity index (χ3n) is 2.87. The molecule has 1 atom stereocenters. The molecular weight excluding hydrogens is 282 g/mol. The van der Waals surface area contributed by atoms with Crippen molar-refractivity contribution in [2.24, 2.45) is 5.73 Å². The van der Waals surface area contributed by atoms with Gasteiger partial charge in [-0.05, 0) is 38.1 Å². The van der Waals surface area contributed by atoms with E-state index in [2.05, 4.69) is 22.1 Å². The van der Waals surface area contributed by atoms with Gasteiger partial charge in [-0.2, -0.15) is 0 Å². The van der Waals surface area contributed by atoms with Gasteiger partial charge in [0.2, 0.25) is 0 Å². The van der Waals surface area contributed by atoms with Gasteiger partial charge in [0, 0.05) is 21.5 Å². The van der Waals surface area contributed by atoms with Gasteiger partial charge in [-0.15, -0.1) is 11.3 Å². The number of amides is 1. The molecule has 2 heterocycles. The van der Waals surface area contributed by atoms with Gasteiger partial charge in [-0.1, -0.05) is 11.8 Å². The van der Waals surface area contributed by atoms with Crippen molar-refractivity contribution in [2.75, 3.05) is 6.54 Å². The van der Waals surface area contributed by atoms with Gasteiger partial charge in [0.25, 0.3) is 5.91 Å². The normalized spacial score (nSPS) is 11.4. The number of pyridine rings is 1. The third kappa shape index (κ3) is 4.15. The predicted octanol–water partition coefficient (Wildman–Crippen LogP) is 2.25. The molecule has 5 heteroatoms. The summed E-state index contributed by atoms with van der Waals surface area (Å²) in [7, 11) is 0. The average molecular weight is 299 g/mol. The van der Waals surface area contributed by atoms with E-state index in [1.807, 2.05) is 26.0 Å². The van der Waals surface area contributed by atoms with E-state index in [1.165, 1.54) is 4.88 Å². The van der Waals surface area contributed by atoms with Crippen molar-refractivity contribution in [1.82, 2.24) is 10.3 Å². The summed E-state index contributed by atoms with van der Waals surface area (Å²) in [5.41, 5.74) is 6.44. The van der Waals surface area contributed by atoms with E-state index in [0.29, 0.717) is 12.2 Å². The lowest BCUT2D eigenvalue weighted by Crippen LogP contribution is -2.26. The van der Waals surface area contributed by atoms with Crippen molar-refractivity contribution in [1.29, 1.82) is 0 Å². The van der Waals surface area contributed by atoms with Gasteiger partial charge >= 0.3 is 0 Å². The summed E-state index contributed by atoms with van der Waals surface area (Å²) < 4.78 is 0. The first-order valence-corrected chi connectivity index (χ1v) is 7.44. The van der Waals surface area contributed by atoms with Crippen molar-refractivity contribution in [2.45, 2.75) is 19.9 Å². The van der Waals surface area contributed by atoms with Crippen LogP contribution in [0.5, 0.6) is 0 Å². The second kappa shape index (κ2) is 7.02. The Balaban J connectivity index is 2.03. The average Bonchev–Trinajstić information content (AvgIpc) is 2.92. The van der Waals surface area contributed by atoms with E-state index in [4.69, 9.17) is 5.73 Å². The number of aromatic nitrogens is 1. The second-order valence-electron chi connectivity index (χ2n) is 4.58. The fourth-order valence-electron chi connectivity index (χ4n) is 1.78. The SMILES string of the molecule is Cc1ccc(C(C)NC(=O)c2ccc(C#CCN)cn2)s1. The first-order valence-electron chi connectivity index (χ1n) is 6.62. The Hall–Kier alpha value is -2.16. The Kier molecular flexibility index (Phi) is 5.09. The second-order valence-corrected chi connectivity index (χ2v) is 5.90. The Bertz CT molecular complexity index is 680. The number of carbonyl (C=O) groups excluding carboxylic acids is 1. The number of thiophene rings is 1. The molecule has 2 aromatic heterocycles. The lowest BCUT2D eigenvalue weighted by molar-refractivity contribution is 0.0935. The summed E-state index contributed by atoms with van der Waals surface area (Å²) in [6, 6.07) is 7.48. The molecule has 3 N–H and O–H groups in total. The van der Waals surface area contributed by atoms with Crippen LogP contribution in [0, 0.1) is 18.8 Å². The van der Waals surface area contributed by atoms with Crippen LogP contribution in [0.4, 0.5) is 0 Å². The third-order valence-corrected chi connectivity index (χ3v) is 4.05. The highest BCUT2D eigenvalue weighted by atomic mass is 32.1. The molecule has 108 valence electrons. The molecule has 21 heavy (non-hydrogen) atoms. The Labute approximate surface area is 128 Å². The van der Waals surface area contributed by atoms with Crippen molar-refractivity contribution < 1.29 is 4.79 Å². The van der Waals surface area contributed by atoms with Crippen LogP contribution in [0.1, 0.15) is 38.8 Å². The minimum Gasteiger partial charge on any atom is -0.343 e. The van der Waals surface area contributed by atoms with Crippen LogP contribution < -0.4 is 11.1 Å². The topological polar surface area (TPSA) is 68.0 Å². The molecule has 0 aliphatic rings. The van der Waals surface area contributed by atoms with E-state index in [9.17, 15) is 4.79 Å². The van der Waals surface area contributed by atoms with Gasteiger partial charge in [-0.3, -0.25) is 4.79 Å². The summed E-state index contributed by atoms with van der Waals surface area (Å²) in [5.74, 6) is 5.43. The van der Waals surface area contributed by atoms with Crippen LogP contribution in [0.2, 0.25) is 0 Å². The standard InChI is InChI=1S/C16H17N3OS/c1-11-5-8-15(21-11)12(2)19-16(20)14-7-6-13(10-18-14)4-3-9-17/h5-8,10,12H,9,17H2,1-2H3,(H,19,20). The molecule has 0 aliphatic carbocycles. The molecule has 1 unspecified atom stereocenters. The quantitative estimate of drug-likeness (QED) is 0.854. The largest absolute Gasteiger partial charge is 0.343 e. The number of hydrogen-bond donors (Lipinski definition) is 2. The highest BCUT2D eigenvalue weighted by Gasteiger charge is 2.13. The molecule has 0 aromatic carbocycles. The fourth-order valence-corrected chi connectivity index (χ4v) is 2.66. The maximum Gasteiger partial charge on any atom is 0.270 e. The molecule has 1 amide bonds. The lowest BCUT2D eigenvalue weighted by atomic mass is 10.2. The summed E-state index contributed by atoms with van der Waals surface area (Å²) >= 11 is 1.68. The van der Waals surface area contributed by atoms with Crippen LogP contribution in [-0.4, -0.2) is 17.4 Å². The Morgan fingerprint density at radius 2 is 2.24 bits per heavy atom. The molecule has 2 rings (SSSR count). The van der Waals surface area contributed by atoms with E-state index >= 15 is 0 Å². The summed E-state index contributed by atoms with van der Waals surface area (Å²) in [4.78, 5) is 18.6. The number of nitrogens with zero attached hydrogens (tertiary/aromatic N) is 1. The molecule has 0 spiro atoms. The van der Waals surface area contributed by atoms with Gasteiger partial charge in [0.05, 0.1) is 12.6 Å². The highest BCUT2D eigenvalue weighted by molar-refractivity contribution is 7.12. The molecule has 0 fully saturated rings. The van der Waals surface area contributed by atoms with Crippen LogP contribution in [0.3, 0.4) is 0 Å². The van der Waals surface area contributed by atoms with E-state index in [0.717, 1.165) is 10.4 Å². The number of nitrogens with two attached hydrogens (primary N) is 1. The van der Waals surface area contributed by atoms with Crippen molar-refractivity contribution in [3.8, 4) is 11.8 Å². The molecule has 4 nitrogen and oxygen atoms in total. The van der Waals surface area contributed by atoms with Crippen molar-refractivity contribution in [3.63, 3.8) is 0 Å². The number of carbonyl (C=O) groups is 1. The van der Waals surface area contributed by atoms with E-state index in [1.54, 1.807) is 29.7 Å². The monoisotopic (exact) mass is 299 g/mol. The number of aryl methyl sites for hydroxylation is 1. The first-order chi connectivity index (χ1) is 10.1. The maximum atomic E-state index is 12.1. The lowest BCUT2D eigenvalue weighted by Gasteiger charge is -2.11. The highest BCUT2D eigenvalue weighted by Crippen LogP contribution is 2.22. The smallest absolute Gasteiger partial charge is 0.270 e. The maximum absolute atomic E-state index is 12.1. The van der Waals surface area contributed by atoms with Crippen molar-refractivity contribution in [3.05, 3.63) is 51.5 Å². The van der Waals surface area contributed by atoms with Crippen LogP contribution in [0.15, 0.2) is 30.5 Å². The summed E-state index contributed by atoms with van der Waals surface area (Å²) in [6.45, 7) is 4.32. The fraction of sp³-hybridized carbons (Fsp3) is 0.250. The van der Waals surface area contributed by atoms with Gasteiger partial charge in [-0.25, -0.2) is 4.98 Å². The van der Waals surface area contributed by atoms with Gasteiger partial charge in [0.1, 0.15) is 5.69 Å². The zero-order chi connectivity index (χ0) is 15.2. The van der Waals surface area contributed by atoms with E-state index < -0.39 is 0 Å². The number of nitrogens with one attached hydrogen (secondary N) is 1. The summed E-state index contributed by atoms with van der Waals surface area (Å²) in [5, 5.41) is 2.94. The Morgan fingerprint density at radius 3 is 2.81 bits per heavy atom. The molecule has 0 radical (unpaired) electrons. The first kappa shape index (κ1) is 15.2. The molecule has 0 bridgehead atoms. The molecule has 0 saturated heterocycles.